The summed E-state index contributed by atoms with van der Waals surface area (Å²) in [5.74, 6) is 1.80. The number of ether oxygens (including phenoxy) is 4. The second kappa shape index (κ2) is 8.47. The maximum atomic E-state index is 12.9. The van der Waals surface area contributed by atoms with Crippen LogP contribution in [0, 0.1) is 0 Å². The zero-order valence-corrected chi connectivity index (χ0v) is 17.0. The molecular weight excluding hydrogens is 416 g/mol. The molecule has 0 N–H and O–H groups in total. The van der Waals surface area contributed by atoms with Gasteiger partial charge in [-0.15, -0.1) is 0 Å². The molecule has 1 aliphatic heterocycles. The molecule has 8 heteroatoms. The standard InChI is InChI=1S/C19H21BrN2O5/c1-24-15-8-12(9-16(25-2)18(15)26-3)19(23)22-7-6-14(11-22)27-17-5-4-13(20)10-21-17/h4-5,8-10,14H,6-7,11H2,1-3H3. The van der Waals surface area contributed by atoms with Crippen molar-refractivity contribution in [3.05, 3.63) is 40.5 Å². The van der Waals surface area contributed by atoms with Gasteiger partial charge in [-0.25, -0.2) is 4.98 Å². The van der Waals surface area contributed by atoms with Crippen LogP contribution in [-0.4, -0.2) is 56.3 Å². The third-order valence-electron chi connectivity index (χ3n) is 4.33. The van der Waals surface area contributed by atoms with E-state index in [1.54, 1.807) is 29.3 Å². The Morgan fingerprint density at radius 2 is 1.85 bits per heavy atom. The van der Waals surface area contributed by atoms with Crippen molar-refractivity contribution in [2.24, 2.45) is 0 Å². The fourth-order valence-electron chi connectivity index (χ4n) is 3.00. The summed E-state index contributed by atoms with van der Waals surface area (Å²) in [7, 11) is 4.58. The first-order valence-electron chi connectivity index (χ1n) is 8.43. The van der Waals surface area contributed by atoms with Crippen LogP contribution in [0.5, 0.6) is 23.1 Å². The highest BCUT2D eigenvalue weighted by molar-refractivity contribution is 9.10. The van der Waals surface area contributed by atoms with E-state index in [2.05, 4.69) is 20.9 Å². The van der Waals surface area contributed by atoms with Crippen LogP contribution in [0.3, 0.4) is 0 Å². The van der Waals surface area contributed by atoms with Crippen LogP contribution in [0.4, 0.5) is 0 Å². The number of likely N-dealkylation sites (tertiary alicyclic amines) is 1. The van der Waals surface area contributed by atoms with Crippen LogP contribution >= 0.6 is 15.9 Å². The SMILES string of the molecule is COc1cc(C(=O)N2CCC(Oc3ccc(Br)cn3)C2)cc(OC)c1OC. The van der Waals surface area contributed by atoms with E-state index < -0.39 is 0 Å². The first-order chi connectivity index (χ1) is 13.0. The number of hydrogen-bond donors (Lipinski definition) is 0. The van der Waals surface area contributed by atoms with Crippen LogP contribution in [-0.2, 0) is 0 Å². The third kappa shape index (κ3) is 4.27. The zero-order valence-electron chi connectivity index (χ0n) is 15.4. The molecule has 0 saturated carbocycles. The first-order valence-corrected chi connectivity index (χ1v) is 9.22. The summed E-state index contributed by atoms with van der Waals surface area (Å²) < 4.78 is 22.7. The fraction of sp³-hybridized carbons (Fsp3) is 0.368. The van der Waals surface area contributed by atoms with Gasteiger partial charge in [0.2, 0.25) is 11.6 Å². The summed E-state index contributed by atoms with van der Waals surface area (Å²) in [6.07, 6.45) is 2.33. The number of pyridine rings is 1. The van der Waals surface area contributed by atoms with Gasteiger partial charge in [0.15, 0.2) is 11.5 Å². The summed E-state index contributed by atoms with van der Waals surface area (Å²) in [5, 5.41) is 0. The predicted octanol–water partition coefficient (Wildman–Crippen LogP) is 3.16. The Labute approximate surface area is 166 Å². The van der Waals surface area contributed by atoms with Gasteiger partial charge in [0, 0.05) is 35.3 Å². The Bertz CT molecular complexity index is 787. The molecule has 0 bridgehead atoms. The van der Waals surface area contributed by atoms with Gasteiger partial charge >= 0.3 is 0 Å². The maximum absolute atomic E-state index is 12.9. The lowest BCUT2D eigenvalue weighted by Crippen LogP contribution is -2.31. The number of halogens is 1. The fourth-order valence-corrected chi connectivity index (χ4v) is 3.23. The van der Waals surface area contributed by atoms with Crippen molar-refractivity contribution in [2.75, 3.05) is 34.4 Å². The molecule has 1 saturated heterocycles. The van der Waals surface area contributed by atoms with Gasteiger partial charge in [-0.3, -0.25) is 4.79 Å². The lowest BCUT2D eigenvalue weighted by molar-refractivity contribution is 0.0770. The predicted molar refractivity (Wildman–Crippen MR) is 103 cm³/mol. The van der Waals surface area contributed by atoms with E-state index in [1.165, 1.54) is 21.3 Å². The Kier molecular flexibility index (Phi) is 6.05. The van der Waals surface area contributed by atoms with Crippen molar-refractivity contribution in [1.29, 1.82) is 0 Å². The van der Waals surface area contributed by atoms with Gasteiger partial charge in [-0.2, -0.15) is 0 Å². The number of rotatable bonds is 6. The summed E-state index contributed by atoms with van der Waals surface area (Å²) >= 11 is 3.35. The van der Waals surface area contributed by atoms with E-state index in [9.17, 15) is 4.79 Å². The third-order valence-corrected chi connectivity index (χ3v) is 4.80. The minimum atomic E-state index is -0.107. The highest BCUT2D eigenvalue weighted by Gasteiger charge is 2.29. The van der Waals surface area contributed by atoms with Crippen molar-refractivity contribution in [2.45, 2.75) is 12.5 Å². The lowest BCUT2D eigenvalue weighted by Gasteiger charge is -2.19. The normalized spacial score (nSPS) is 16.1. The Hall–Kier alpha value is -2.48. The van der Waals surface area contributed by atoms with Gasteiger partial charge in [0.25, 0.3) is 5.91 Å². The number of hydrogen-bond acceptors (Lipinski definition) is 6. The van der Waals surface area contributed by atoms with Crippen molar-refractivity contribution in [3.8, 4) is 23.1 Å². The van der Waals surface area contributed by atoms with Crippen molar-refractivity contribution in [1.82, 2.24) is 9.88 Å². The molecule has 2 aromatic rings. The zero-order chi connectivity index (χ0) is 19.4. The van der Waals surface area contributed by atoms with E-state index in [0.29, 0.717) is 41.8 Å². The Morgan fingerprint density at radius 1 is 1.15 bits per heavy atom. The van der Waals surface area contributed by atoms with E-state index in [4.69, 9.17) is 18.9 Å². The number of carbonyl (C=O) groups excluding carboxylic acids is 1. The number of aromatic nitrogens is 1. The molecule has 1 unspecified atom stereocenters. The monoisotopic (exact) mass is 436 g/mol. The van der Waals surface area contributed by atoms with Gasteiger partial charge < -0.3 is 23.8 Å². The molecule has 7 nitrogen and oxygen atoms in total. The number of carbonyl (C=O) groups is 1. The minimum absolute atomic E-state index is 0.0929. The second-order valence-corrected chi connectivity index (χ2v) is 6.92. The van der Waals surface area contributed by atoms with Crippen LogP contribution in [0.25, 0.3) is 0 Å². The second-order valence-electron chi connectivity index (χ2n) is 6.01. The van der Waals surface area contributed by atoms with Gasteiger partial charge in [0.1, 0.15) is 6.10 Å². The van der Waals surface area contributed by atoms with Crippen LogP contribution in [0.2, 0.25) is 0 Å². The van der Waals surface area contributed by atoms with Crippen molar-refractivity contribution in [3.63, 3.8) is 0 Å². The smallest absolute Gasteiger partial charge is 0.254 e. The minimum Gasteiger partial charge on any atom is -0.493 e. The lowest BCUT2D eigenvalue weighted by atomic mass is 10.1. The molecule has 1 fully saturated rings. The molecule has 0 aliphatic carbocycles. The van der Waals surface area contributed by atoms with Crippen molar-refractivity contribution < 1.29 is 23.7 Å². The van der Waals surface area contributed by atoms with E-state index in [0.717, 1.165) is 10.9 Å². The highest BCUT2D eigenvalue weighted by Crippen LogP contribution is 2.38. The van der Waals surface area contributed by atoms with Gasteiger partial charge in [-0.1, -0.05) is 0 Å². The van der Waals surface area contributed by atoms with Gasteiger partial charge in [-0.05, 0) is 34.1 Å². The van der Waals surface area contributed by atoms with Gasteiger partial charge in [0.05, 0.1) is 27.9 Å². The Balaban J connectivity index is 1.72. The molecular formula is C19H21BrN2O5. The largest absolute Gasteiger partial charge is 0.493 e. The van der Waals surface area contributed by atoms with E-state index in [1.807, 2.05) is 6.07 Å². The summed E-state index contributed by atoms with van der Waals surface area (Å²) in [6.45, 7) is 1.10. The molecule has 3 rings (SSSR count). The molecule has 2 heterocycles. The highest BCUT2D eigenvalue weighted by atomic mass is 79.9. The maximum Gasteiger partial charge on any atom is 0.254 e. The van der Waals surface area contributed by atoms with Crippen LogP contribution in [0.1, 0.15) is 16.8 Å². The van der Waals surface area contributed by atoms with Crippen molar-refractivity contribution >= 4 is 21.8 Å². The topological polar surface area (TPSA) is 70.1 Å². The first kappa shape index (κ1) is 19.3. The quantitative estimate of drug-likeness (QED) is 0.692. The molecule has 1 aromatic carbocycles. The molecule has 144 valence electrons. The summed E-state index contributed by atoms with van der Waals surface area (Å²) in [4.78, 5) is 18.9. The van der Waals surface area contributed by atoms with Crippen LogP contribution < -0.4 is 18.9 Å². The average molecular weight is 437 g/mol. The summed E-state index contributed by atoms with van der Waals surface area (Å²) in [5.41, 5.74) is 0.479. The number of amides is 1. The Morgan fingerprint density at radius 3 is 2.41 bits per heavy atom. The number of benzene rings is 1. The molecule has 0 radical (unpaired) electrons. The number of methoxy groups -OCH3 is 3. The molecule has 1 amide bonds. The molecule has 1 atom stereocenters. The van der Waals surface area contributed by atoms with Crippen LogP contribution in [0.15, 0.2) is 34.9 Å². The average Bonchev–Trinajstić information content (AvgIpc) is 3.16. The molecule has 0 spiro atoms. The van der Waals surface area contributed by atoms with E-state index in [-0.39, 0.29) is 12.0 Å². The molecule has 27 heavy (non-hydrogen) atoms. The molecule has 1 aliphatic rings. The summed E-state index contributed by atoms with van der Waals surface area (Å²) in [6, 6.07) is 6.99. The number of nitrogens with zero attached hydrogens (tertiary/aromatic N) is 2. The molecule has 1 aromatic heterocycles. The van der Waals surface area contributed by atoms with E-state index >= 15 is 0 Å².